The van der Waals surface area contributed by atoms with E-state index in [1.165, 1.54) is 32.5 Å². The van der Waals surface area contributed by atoms with Crippen molar-refractivity contribution in [2.45, 2.75) is 18.9 Å². The van der Waals surface area contributed by atoms with Gasteiger partial charge >= 0.3 is 0 Å². The summed E-state index contributed by atoms with van der Waals surface area (Å²) in [6.45, 7) is 4.07. The molecule has 72 valence electrons. The Morgan fingerprint density at radius 2 is 2.31 bits per heavy atom. The molecule has 3 nitrogen and oxygen atoms in total. The number of piperidine rings is 1. The highest BCUT2D eigenvalue weighted by molar-refractivity contribution is 4.89. The summed E-state index contributed by atoms with van der Waals surface area (Å²) in [7, 11) is 0. The van der Waals surface area contributed by atoms with Gasteiger partial charge in [0.1, 0.15) is 6.61 Å². The molecule has 0 saturated carbocycles. The van der Waals surface area contributed by atoms with Gasteiger partial charge in [0, 0.05) is 12.6 Å². The fraction of sp³-hybridized carbons (Fsp3) is 0.800. The Hall–Kier alpha value is -0.560. The number of hydroxylamine groups is 1. The molecule has 2 fully saturated rings. The summed E-state index contributed by atoms with van der Waals surface area (Å²) in [5.41, 5.74) is 3.08. The molecule has 0 aromatic rings. The maximum atomic E-state index is 5.17. The Balaban J connectivity index is 1.76. The monoisotopic (exact) mass is 180 g/mol. The van der Waals surface area contributed by atoms with Gasteiger partial charge in [-0.15, -0.1) is 6.42 Å². The van der Waals surface area contributed by atoms with Crippen LogP contribution in [0.15, 0.2) is 0 Å². The molecule has 2 rings (SSSR count). The second kappa shape index (κ2) is 4.10. The minimum absolute atomic E-state index is 0.368. The topological polar surface area (TPSA) is 24.5 Å². The van der Waals surface area contributed by atoms with E-state index < -0.39 is 0 Å². The normalized spacial score (nSPS) is 37.3. The van der Waals surface area contributed by atoms with Gasteiger partial charge in [0.25, 0.3) is 0 Å². The third-order valence-corrected chi connectivity index (χ3v) is 3.02. The number of nitrogens with one attached hydrogen (secondary N) is 1. The van der Waals surface area contributed by atoms with E-state index in [9.17, 15) is 0 Å². The molecular formula is C10H16N2O. The Bertz CT molecular complexity index is 211. The maximum Gasteiger partial charge on any atom is 0.128 e. The first kappa shape index (κ1) is 9.01. The van der Waals surface area contributed by atoms with Crippen LogP contribution in [0.1, 0.15) is 12.8 Å². The number of hydrogen-bond donors (Lipinski definition) is 1. The minimum Gasteiger partial charge on any atom is -0.303 e. The summed E-state index contributed by atoms with van der Waals surface area (Å²) in [5, 5.41) is 0. The molecule has 0 aromatic carbocycles. The molecule has 3 heteroatoms. The molecule has 2 saturated heterocycles. The molecule has 3 unspecified atom stereocenters. The molecule has 2 heterocycles. The third kappa shape index (κ3) is 2.02. The zero-order valence-electron chi connectivity index (χ0n) is 7.83. The van der Waals surface area contributed by atoms with E-state index in [-0.39, 0.29) is 0 Å². The SMILES string of the molecule is C#CCONC1CCN2CCC1C2. The molecule has 2 aliphatic rings. The lowest BCUT2D eigenvalue weighted by Gasteiger charge is -2.30. The largest absolute Gasteiger partial charge is 0.303 e. The van der Waals surface area contributed by atoms with Crippen LogP contribution in [-0.2, 0) is 4.84 Å². The average molecular weight is 180 g/mol. The van der Waals surface area contributed by atoms with Crippen LogP contribution in [-0.4, -0.2) is 37.2 Å². The number of hydrogen-bond acceptors (Lipinski definition) is 3. The molecule has 13 heavy (non-hydrogen) atoms. The smallest absolute Gasteiger partial charge is 0.128 e. The molecular weight excluding hydrogens is 164 g/mol. The average Bonchev–Trinajstić information content (AvgIpc) is 2.53. The van der Waals surface area contributed by atoms with Crippen molar-refractivity contribution in [3.8, 4) is 12.3 Å². The number of rotatable bonds is 3. The highest BCUT2D eigenvalue weighted by Gasteiger charge is 2.34. The fourth-order valence-corrected chi connectivity index (χ4v) is 2.30. The Morgan fingerprint density at radius 1 is 1.46 bits per heavy atom. The summed E-state index contributed by atoms with van der Waals surface area (Å²) < 4.78 is 0. The van der Waals surface area contributed by atoms with Crippen LogP contribution in [0, 0.1) is 18.3 Å². The van der Waals surface area contributed by atoms with Crippen molar-refractivity contribution in [3.63, 3.8) is 0 Å². The van der Waals surface area contributed by atoms with Crippen molar-refractivity contribution >= 4 is 0 Å². The van der Waals surface area contributed by atoms with Gasteiger partial charge in [-0.25, -0.2) is 0 Å². The van der Waals surface area contributed by atoms with Crippen molar-refractivity contribution < 1.29 is 4.84 Å². The van der Waals surface area contributed by atoms with Crippen LogP contribution < -0.4 is 5.48 Å². The first-order chi connectivity index (χ1) is 6.40. The first-order valence-electron chi connectivity index (χ1n) is 4.93. The number of fused-ring (bicyclic) bond motifs is 2. The zero-order valence-corrected chi connectivity index (χ0v) is 7.83. The second-order valence-electron chi connectivity index (χ2n) is 3.86. The summed E-state index contributed by atoms with van der Waals surface area (Å²) in [6, 6.07) is 0.520. The van der Waals surface area contributed by atoms with E-state index in [4.69, 9.17) is 11.3 Å². The maximum absolute atomic E-state index is 5.17. The van der Waals surface area contributed by atoms with Crippen molar-refractivity contribution in [3.05, 3.63) is 0 Å². The van der Waals surface area contributed by atoms with Gasteiger partial charge in [0.15, 0.2) is 0 Å². The summed E-state index contributed by atoms with van der Waals surface area (Å²) in [4.78, 5) is 7.69. The number of terminal acetylenes is 1. The van der Waals surface area contributed by atoms with Gasteiger partial charge in [-0.3, -0.25) is 4.84 Å². The lowest BCUT2D eigenvalue weighted by Crippen LogP contribution is -2.43. The van der Waals surface area contributed by atoms with Crippen molar-refractivity contribution in [2.75, 3.05) is 26.2 Å². The van der Waals surface area contributed by atoms with Gasteiger partial charge in [-0.1, -0.05) is 5.92 Å². The van der Waals surface area contributed by atoms with E-state index in [2.05, 4.69) is 16.3 Å². The van der Waals surface area contributed by atoms with E-state index in [1.807, 2.05) is 0 Å². The van der Waals surface area contributed by atoms with Crippen molar-refractivity contribution in [1.29, 1.82) is 0 Å². The standard InChI is InChI=1S/C10H16N2O/c1-2-7-13-11-10-4-6-12-5-3-9(10)8-12/h1,9-11H,3-8H2. The van der Waals surface area contributed by atoms with Gasteiger partial charge in [0.05, 0.1) is 0 Å². The number of nitrogens with zero attached hydrogens (tertiary/aromatic N) is 1. The Labute approximate surface area is 79.4 Å². The predicted octanol–water partition coefficient (Wildman–Crippen LogP) is 0.235. The fourth-order valence-electron chi connectivity index (χ4n) is 2.30. The van der Waals surface area contributed by atoms with Crippen LogP contribution in [0.3, 0.4) is 0 Å². The highest BCUT2D eigenvalue weighted by atomic mass is 16.6. The third-order valence-electron chi connectivity index (χ3n) is 3.02. The van der Waals surface area contributed by atoms with Gasteiger partial charge in [0.2, 0.25) is 0 Å². The molecule has 2 bridgehead atoms. The van der Waals surface area contributed by atoms with E-state index in [0.717, 1.165) is 5.92 Å². The van der Waals surface area contributed by atoms with Gasteiger partial charge in [-0.2, -0.15) is 5.48 Å². The van der Waals surface area contributed by atoms with Gasteiger partial charge in [-0.05, 0) is 31.8 Å². The lowest BCUT2D eigenvalue weighted by atomic mass is 9.95. The summed E-state index contributed by atoms with van der Waals surface area (Å²) >= 11 is 0. The minimum atomic E-state index is 0.368. The first-order valence-corrected chi connectivity index (χ1v) is 4.93. The highest BCUT2D eigenvalue weighted by Crippen LogP contribution is 2.26. The van der Waals surface area contributed by atoms with Crippen LogP contribution in [0.4, 0.5) is 0 Å². The Kier molecular flexibility index (Phi) is 2.84. The molecule has 1 N–H and O–H groups in total. The summed E-state index contributed by atoms with van der Waals surface area (Å²) in [6.07, 6.45) is 7.59. The lowest BCUT2D eigenvalue weighted by molar-refractivity contribution is 0.0101. The van der Waals surface area contributed by atoms with E-state index in [0.29, 0.717) is 12.6 Å². The van der Waals surface area contributed by atoms with Crippen molar-refractivity contribution in [2.24, 2.45) is 5.92 Å². The molecule has 3 atom stereocenters. The molecule has 0 amide bonds. The zero-order chi connectivity index (χ0) is 9.10. The van der Waals surface area contributed by atoms with Crippen LogP contribution >= 0.6 is 0 Å². The summed E-state index contributed by atoms with van der Waals surface area (Å²) in [5.74, 6) is 3.23. The van der Waals surface area contributed by atoms with Crippen LogP contribution in [0.2, 0.25) is 0 Å². The molecule has 2 aliphatic heterocycles. The quantitative estimate of drug-likeness (QED) is 0.382. The van der Waals surface area contributed by atoms with E-state index in [1.54, 1.807) is 0 Å². The molecule has 0 aliphatic carbocycles. The van der Waals surface area contributed by atoms with Crippen molar-refractivity contribution in [1.82, 2.24) is 10.4 Å². The molecule has 0 spiro atoms. The van der Waals surface area contributed by atoms with E-state index >= 15 is 0 Å². The molecule has 0 radical (unpaired) electrons. The Morgan fingerprint density at radius 3 is 3.15 bits per heavy atom. The molecule has 0 aromatic heterocycles. The van der Waals surface area contributed by atoms with Crippen LogP contribution in [0.25, 0.3) is 0 Å². The predicted molar refractivity (Wildman–Crippen MR) is 50.9 cm³/mol. The second-order valence-corrected chi connectivity index (χ2v) is 3.86. The van der Waals surface area contributed by atoms with Crippen LogP contribution in [0.5, 0.6) is 0 Å². The van der Waals surface area contributed by atoms with Gasteiger partial charge < -0.3 is 4.90 Å².